The molecule has 1 fully saturated rings. The van der Waals surface area contributed by atoms with E-state index >= 15 is 0 Å². The Morgan fingerprint density at radius 1 is 1.53 bits per heavy atom. The molecule has 0 saturated carbocycles. The van der Waals surface area contributed by atoms with Gasteiger partial charge in [0.15, 0.2) is 0 Å². The predicted octanol–water partition coefficient (Wildman–Crippen LogP) is 2.56. The van der Waals surface area contributed by atoms with Gasteiger partial charge in [0.05, 0.1) is 12.6 Å². The normalized spacial score (nSPS) is 19.1. The summed E-state index contributed by atoms with van der Waals surface area (Å²) < 4.78 is 5.19. The number of benzene rings is 1. The van der Waals surface area contributed by atoms with E-state index in [0.29, 0.717) is 18.2 Å². The van der Waals surface area contributed by atoms with Crippen molar-refractivity contribution in [2.24, 2.45) is 0 Å². The Morgan fingerprint density at radius 3 is 3.06 bits per heavy atom. The highest BCUT2D eigenvalue weighted by atomic mass is 35.5. The lowest BCUT2D eigenvalue weighted by Crippen LogP contribution is -2.38. The maximum atomic E-state index is 11.7. The SMILES string of the molecule is Cc1c(Cl)cccc1NC(=O)NC1CCOC1. The molecule has 1 aliphatic heterocycles. The van der Waals surface area contributed by atoms with Crippen molar-refractivity contribution in [3.8, 4) is 0 Å². The Kier molecular flexibility index (Phi) is 3.86. The van der Waals surface area contributed by atoms with Gasteiger partial charge in [-0.1, -0.05) is 17.7 Å². The Bertz CT molecular complexity index is 417. The minimum atomic E-state index is -0.217. The number of carbonyl (C=O) groups is 1. The fourth-order valence-corrected chi connectivity index (χ4v) is 1.91. The van der Waals surface area contributed by atoms with E-state index < -0.39 is 0 Å². The molecule has 0 spiro atoms. The lowest BCUT2D eigenvalue weighted by atomic mass is 10.2. The Morgan fingerprint density at radius 2 is 2.35 bits per heavy atom. The molecule has 2 amide bonds. The minimum Gasteiger partial charge on any atom is -0.379 e. The molecule has 0 radical (unpaired) electrons. The molecule has 1 aromatic carbocycles. The lowest BCUT2D eigenvalue weighted by molar-refractivity contribution is 0.189. The average Bonchev–Trinajstić information content (AvgIpc) is 2.77. The van der Waals surface area contributed by atoms with Crippen LogP contribution in [0, 0.1) is 6.92 Å². The number of nitrogens with one attached hydrogen (secondary N) is 2. The zero-order chi connectivity index (χ0) is 12.3. The molecule has 1 atom stereocenters. The van der Waals surface area contributed by atoms with Gasteiger partial charge in [-0.3, -0.25) is 0 Å². The van der Waals surface area contributed by atoms with Crippen LogP contribution in [-0.2, 0) is 4.74 Å². The summed E-state index contributed by atoms with van der Waals surface area (Å²) in [5, 5.41) is 6.29. The number of hydrogen-bond donors (Lipinski definition) is 2. The largest absolute Gasteiger partial charge is 0.379 e. The lowest BCUT2D eigenvalue weighted by Gasteiger charge is -2.13. The third-order valence-corrected chi connectivity index (χ3v) is 3.19. The van der Waals surface area contributed by atoms with Gasteiger partial charge in [-0.2, -0.15) is 0 Å². The molecule has 1 aromatic rings. The van der Waals surface area contributed by atoms with Crippen molar-refractivity contribution in [1.29, 1.82) is 0 Å². The quantitative estimate of drug-likeness (QED) is 0.852. The van der Waals surface area contributed by atoms with Crippen molar-refractivity contribution in [3.05, 3.63) is 28.8 Å². The van der Waals surface area contributed by atoms with Crippen LogP contribution in [0.1, 0.15) is 12.0 Å². The summed E-state index contributed by atoms with van der Waals surface area (Å²) in [4.78, 5) is 11.7. The van der Waals surface area contributed by atoms with E-state index in [1.807, 2.05) is 19.1 Å². The minimum absolute atomic E-state index is 0.106. The van der Waals surface area contributed by atoms with Gasteiger partial charge >= 0.3 is 6.03 Å². The molecule has 92 valence electrons. The van der Waals surface area contributed by atoms with E-state index in [9.17, 15) is 4.79 Å². The van der Waals surface area contributed by atoms with E-state index in [1.165, 1.54) is 0 Å². The van der Waals surface area contributed by atoms with Gasteiger partial charge in [0.1, 0.15) is 0 Å². The number of rotatable bonds is 2. The fourth-order valence-electron chi connectivity index (χ4n) is 1.74. The molecule has 17 heavy (non-hydrogen) atoms. The zero-order valence-corrected chi connectivity index (χ0v) is 10.4. The van der Waals surface area contributed by atoms with E-state index in [4.69, 9.17) is 16.3 Å². The number of carbonyl (C=O) groups excluding carboxylic acids is 1. The van der Waals surface area contributed by atoms with Crippen LogP contribution in [0.15, 0.2) is 18.2 Å². The smallest absolute Gasteiger partial charge is 0.319 e. The highest BCUT2D eigenvalue weighted by molar-refractivity contribution is 6.31. The van der Waals surface area contributed by atoms with E-state index in [2.05, 4.69) is 10.6 Å². The molecular formula is C12H15ClN2O2. The van der Waals surface area contributed by atoms with Gasteiger partial charge in [-0.25, -0.2) is 4.79 Å². The van der Waals surface area contributed by atoms with Crippen molar-refractivity contribution in [1.82, 2.24) is 5.32 Å². The molecule has 1 saturated heterocycles. The number of amides is 2. The first-order valence-corrected chi connectivity index (χ1v) is 5.95. The van der Waals surface area contributed by atoms with Gasteiger partial charge in [0, 0.05) is 17.3 Å². The molecule has 1 aliphatic rings. The standard InChI is InChI=1S/C12H15ClN2O2/c1-8-10(13)3-2-4-11(8)15-12(16)14-9-5-6-17-7-9/h2-4,9H,5-7H2,1H3,(H2,14,15,16). The zero-order valence-electron chi connectivity index (χ0n) is 9.63. The molecule has 4 nitrogen and oxygen atoms in total. The molecule has 5 heteroatoms. The van der Waals surface area contributed by atoms with Crippen LogP contribution in [0.2, 0.25) is 5.02 Å². The van der Waals surface area contributed by atoms with Crippen LogP contribution < -0.4 is 10.6 Å². The molecule has 2 N–H and O–H groups in total. The Hall–Kier alpha value is -1.26. The number of anilines is 1. The topological polar surface area (TPSA) is 50.4 Å². The summed E-state index contributed by atoms with van der Waals surface area (Å²) in [6.45, 7) is 3.17. The number of halogens is 1. The maximum Gasteiger partial charge on any atom is 0.319 e. The second-order valence-electron chi connectivity index (χ2n) is 4.07. The molecule has 1 unspecified atom stereocenters. The molecule has 1 heterocycles. The van der Waals surface area contributed by atoms with Crippen molar-refractivity contribution >= 4 is 23.3 Å². The number of ether oxygens (including phenoxy) is 1. The summed E-state index contributed by atoms with van der Waals surface area (Å²) in [5.74, 6) is 0. The van der Waals surface area contributed by atoms with Gasteiger partial charge in [0.2, 0.25) is 0 Å². The first-order chi connectivity index (χ1) is 8.16. The van der Waals surface area contributed by atoms with Crippen LogP contribution in [0.3, 0.4) is 0 Å². The number of hydrogen-bond acceptors (Lipinski definition) is 2. The van der Waals surface area contributed by atoms with Gasteiger partial charge in [-0.05, 0) is 31.0 Å². The summed E-state index contributed by atoms with van der Waals surface area (Å²) in [6.07, 6.45) is 0.863. The van der Waals surface area contributed by atoms with Crippen molar-refractivity contribution in [2.75, 3.05) is 18.5 Å². The van der Waals surface area contributed by atoms with Crippen LogP contribution in [0.5, 0.6) is 0 Å². The van der Waals surface area contributed by atoms with Crippen LogP contribution in [0.25, 0.3) is 0 Å². The van der Waals surface area contributed by atoms with E-state index in [0.717, 1.165) is 17.7 Å². The van der Waals surface area contributed by atoms with Gasteiger partial charge < -0.3 is 15.4 Å². The summed E-state index contributed by atoms with van der Waals surface area (Å²) >= 11 is 5.98. The molecule has 0 aliphatic carbocycles. The molecule has 0 bridgehead atoms. The van der Waals surface area contributed by atoms with Gasteiger partial charge in [0.25, 0.3) is 0 Å². The summed E-state index contributed by atoms with van der Waals surface area (Å²) in [6, 6.07) is 5.32. The van der Waals surface area contributed by atoms with Gasteiger partial charge in [-0.15, -0.1) is 0 Å². The van der Waals surface area contributed by atoms with Crippen molar-refractivity contribution in [3.63, 3.8) is 0 Å². The molecule has 2 rings (SSSR count). The molecular weight excluding hydrogens is 240 g/mol. The first-order valence-electron chi connectivity index (χ1n) is 5.57. The monoisotopic (exact) mass is 254 g/mol. The molecule has 0 aromatic heterocycles. The average molecular weight is 255 g/mol. The van der Waals surface area contributed by atoms with Crippen LogP contribution in [0.4, 0.5) is 10.5 Å². The number of urea groups is 1. The van der Waals surface area contributed by atoms with Crippen LogP contribution >= 0.6 is 11.6 Å². The fraction of sp³-hybridized carbons (Fsp3) is 0.417. The second-order valence-corrected chi connectivity index (χ2v) is 4.48. The van der Waals surface area contributed by atoms with Crippen molar-refractivity contribution < 1.29 is 9.53 Å². The first kappa shape index (κ1) is 12.2. The maximum absolute atomic E-state index is 11.7. The Labute approximate surface area is 105 Å². The van der Waals surface area contributed by atoms with Crippen LogP contribution in [-0.4, -0.2) is 25.3 Å². The summed E-state index contributed by atoms with van der Waals surface area (Å²) in [5.41, 5.74) is 1.60. The summed E-state index contributed by atoms with van der Waals surface area (Å²) in [7, 11) is 0. The predicted molar refractivity (Wildman–Crippen MR) is 67.6 cm³/mol. The highest BCUT2D eigenvalue weighted by Crippen LogP contribution is 2.22. The third kappa shape index (κ3) is 3.11. The second kappa shape index (κ2) is 5.38. The third-order valence-electron chi connectivity index (χ3n) is 2.78. The van der Waals surface area contributed by atoms with E-state index in [1.54, 1.807) is 6.07 Å². The van der Waals surface area contributed by atoms with E-state index in [-0.39, 0.29) is 12.1 Å². The van der Waals surface area contributed by atoms with Crippen molar-refractivity contribution in [2.45, 2.75) is 19.4 Å². The highest BCUT2D eigenvalue weighted by Gasteiger charge is 2.17. The Balaban J connectivity index is 1.95.